The van der Waals surface area contributed by atoms with Crippen LogP contribution >= 0.6 is 11.3 Å². The van der Waals surface area contributed by atoms with Crippen molar-refractivity contribution < 1.29 is 4.74 Å². The third-order valence-electron chi connectivity index (χ3n) is 4.44. The van der Waals surface area contributed by atoms with Crippen molar-refractivity contribution in [3.63, 3.8) is 0 Å². The Bertz CT molecular complexity index is 427. The minimum atomic E-state index is -0.240. The van der Waals surface area contributed by atoms with Crippen LogP contribution < -0.4 is 5.73 Å². The summed E-state index contributed by atoms with van der Waals surface area (Å²) < 4.78 is 6.26. The molecule has 0 amide bonds. The molecule has 19 heavy (non-hydrogen) atoms. The Kier molecular flexibility index (Phi) is 3.82. The van der Waals surface area contributed by atoms with Crippen LogP contribution in [0.2, 0.25) is 0 Å². The average molecular weight is 282 g/mol. The zero-order valence-electron chi connectivity index (χ0n) is 12.7. The van der Waals surface area contributed by atoms with E-state index < -0.39 is 0 Å². The van der Waals surface area contributed by atoms with Crippen LogP contribution in [0.4, 0.5) is 0 Å². The molecule has 1 aliphatic rings. The number of ether oxygens (including phenoxy) is 1. The average Bonchev–Trinajstić information content (AvgIpc) is 2.82. The number of likely N-dealkylation sites (N-methyl/N-ethyl adjacent to an activating group) is 1. The predicted molar refractivity (Wildman–Crippen MR) is 81.4 cm³/mol. The second-order valence-electron chi connectivity index (χ2n) is 6.77. The molecule has 1 aromatic heterocycles. The fourth-order valence-corrected chi connectivity index (χ4v) is 4.27. The lowest BCUT2D eigenvalue weighted by atomic mass is 9.77. The van der Waals surface area contributed by atoms with Gasteiger partial charge in [0.1, 0.15) is 0 Å². The molecular formula is C15H26N2OS. The standard InChI is InChI=1S/C15H26N2OS/c1-13(2)10-15(11-16,14(3,4)18-13)17(5)8-12-6-7-19-9-12/h6-7,9H,8,10-11,16H2,1-5H3. The highest BCUT2D eigenvalue weighted by Crippen LogP contribution is 2.47. The molecule has 0 radical (unpaired) electrons. The van der Waals surface area contributed by atoms with Crippen molar-refractivity contribution in [2.24, 2.45) is 5.73 Å². The zero-order chi connectivity index (χ0) is 14.3. The molecule has 1 aromatic rings. The number of hydrogen-bond acceptors (Lipinski definition) is 4. The quantitative estimate of drug-likeness (QED) is 0.923. The van der Waals surface area contributed by atoms with Gasteiger partial charge in [-0.2, -0.15) is 11.3 Å². The van der Waals surface area contributed by atoms with Crippen LogP contribution in [0.25, 0.3) is 0 Å². The number of nitrogens with two attached hydrogens (primary N) is 1. The molecule has 1 fully saturated rings. The fraction of sp³-hybridized carbons (Fsp3) is 0.733. The van der Waals surface area contributed by atoms with Gasteiger partial charge in [-0.15, -0.1) is 0 Å². The van der Waals surface area contributed by atoms with Gasteiger partial charge in [-0.05, 0) is 63.6 Å². The third-order valence-corrected chi connectivity index (χ3v) is 5.17. The summed E-state index contributed by atoms with van der Waals surface area (Å²) in [5, 5.41) is 4.33. The summed E-state index contributed by atoms with van der Waals surface area (Å²) in [4.78, 5) is 2.38. The van der Waals surface area contributed by atoms with E-state index in [1.54, 1.807) is 11.3 Å². The lowest BCUT2D eigenvalue weighted by Crippen LogP contribution is -2.61. The second kappa shape index (κ2) is 4.85. The molecule has 108 valence electrons. The first-order valence-electron chi connectivity index (χ1n) is 6.85. The van der Waals surface area contributed by atoms with Gasteiger partial charge >= 0.3 is 0 Å². The van der Waals surface area contributed by atoms with Crippen molar-refractivity contribution in [3.8, 4) is 0 Å². The molecule has 0 spiro atoms. The van der Waals surface area contributed by atoms with Crippen molar-refractivity contribution in [1.82, 2.24) is 4.90 Å². The molecule has 1 atom stereocenters. The van der Waals surface area contributed by atoms with Gasteiger partial charge in [0, 0.05) is 13.1 Å². The maximum Gasteiger partial charge on any atom is 0.0830 e. The molecule has 3 nitrogen and oxygen atoms in total. The first kappa shape index (κ1) is 15.0. The SMILES string of the molecule is CN(Cc1ccsc1)C1(CN)CC(C)(C)OC1(C)C. The molecule has 2 heterocycles. The molecule has 4 heteroatoms. The van der Waals surface area contributed by atoms with Gasteiger partial charge in [0.15, 0.2) is 0 Å². The summed E-state index contributed by atoms with van der Waals surface area (Å²) >= 11 is 1.74. The van der Waals surface area contributed by atoms with Gasteiger partial charge < -0.3 is 10.5 Å². The summed E-state index contributed by atoms with van der Waals surface area (Å²) in [5.74, 6) is 0. The lowest BCUT2D eigenvalue weighted by Gasteiger charge is -2.46. The van der Waals surface area contributed by atoms with Crippen molar-refractivity contribution >= 4 is 11.3 Å². The van der Waals surface area contributed by atoms with Gasteiger partial charge in [-0.3, -0.25) is 4.90 Å². The maximum atomic E-state index is 6.26. The largest absolute Gasteiger partial charge is 0.368 e. The van der Waals surface area contributed by atoms with E-state index in [-0.39, 0.29) is 16.7 Å². The van der Waals surface area contributed by atoms with Crippen LogP contribution in [0.3, 0.4) is 0 Å². The van der Waals surface area contributed by atoms with Crippen molar-refractivity contribution in [2.75, 3.05) is 13.6 Å². The molecule has 0 aromatic carbocycles. The Morgan fingerprint density at radius 1 is 1.37 bits per heavy atom. The van der Waals surface area contributed by atoms with Crippen molar-refractivity contribution in [3.05, 3.63) is 22.4 Å². The third kappa shape index (κ3) is 2.59. The highest BCUT2D eigenvalue weighted by atomic mass is 32.1. The second-order valence-corrected chi connectivity index (χ2v) is 7.55. The topological polar surface area (TPSA) is 38.5 Å². The molecule has 0 bridgehead atoms. The molecule has 0 saturated carbocycles. The Hall–Kier alpha value is -0.420. The van der Waals surface area contributed by atoms with Crippen LogP contribution in [0.5, 0.6) is 0 Å². The normalized spacial score (nSPS) is 29.0. The Morgan fingerprint density at radius 3 is 2.47 bits per heavy atom. The first-order chi connectivity index (χ1) is 8.72. The minimum Gasteiger partial charge on any atom is -0.368 e. The van der Waals surface area contributed by atoms with Gasteiger partial charge in [0.2, 0.25) is 0 Å². The van der Waals surface area contributed by atoms with E-state index in [9.17, 15) is 0 Å². The van der Waals surface area contributed by atoms with E-state index in [1.807, 2.05) is 0 Å². The number of nitrogens with zero attached hydrogens (tertiary/aromatic N) is 1. The summed E-state index contributed by atoms with van der Waals surface area (Å²) in [5.41, 5.74) is 7.05. The summed E-state index contributed by atoms with van der Waals surface area (Å²) in [6.07, 6.45) is 0.962. The van der Waals surface area contributed by atoms with E-state index in [1.165, 1.54) is 5.56 Å². The lowest BCUT2D eigenvalue weighted by molar-refractivity contribution is -0.101. The van der Waals surface area contributed by atoms with Gasteiger partial charge in [-0.1, -0.05) is 0 Å². The van der Waals surface area contributed by atoms with E-state index in [4.69, 9.17) is 10.5 Å². The highest BCUT2D eigenvalue weighted by Gasteiger charge is 2.58. The summed E-state index contributed by atoms with van der Waals surface area (Å²) in [6.45, 7) is 10.2. The van der Waals surface area contributed by atoms with Crippen LogP contribution in [0.15, 0.2) is 16.8 Å². The predicted octanol–water partition coefficient (Wildman–Crippen LogP) is 2.85. The fourth-order valence-electron chi connectivity index (χ4n) is 3.62. The first-order valence-corrected chi connectivity index (χ1v) is 7.79. The van der Waals surface area contributed by atoms with Crippen LogP contribution in [-0.4, -0.2) is 35.2 Å². The number of hydrogen-bond donors (Lipinski definition) is 1. The molecule has 1 aliphatic heterocycles. The van der Waals surface area contributed by atoms with Crippen molar-refractivity contribution in [2.45, 2.75) is 57.4 Å². The van der Waals surface area contributed by atoms with Gasteiger partial charge in [0.25, 0.3) is 0 Å². The summed E-state index contributed by atoms with van der Waals surface area (Å²) in [6, 6.07) is 2.18. The smallest absolute Gasteiger partial charge is 0.0830 e. The molecule has 1 unspecified atom stereocenters. The molecular weight excluding hydrogens is 256 g/mol. The van der Waals surface area contributed by atoms with E-state index in [0.717, 1.165) is 13.0 Å². The molecule has 2 rings (SSSR count). The minimum absolute atomic E-state index is 0.113. The Morgan fingerprint density at radius 2 is 2.05 bits per heavy atom. The maximum absolute atomic E-state index is 6.26. The zero-order valence-corrected chi connectivity index (χ0v) is 13.5. The van der Waals surface area contributed by atoms with Crippen LogP contribution in [-0.2, 0) is 11.3 Å². The van der Waals surface area contributed by atoms with E-state index >= 15 is 0 Å². The molecule has 0 aliphatic carbocycles. The number of rotatable bonds is 4. The van der Waals surface area contributed by atoms with Gasteiger partial charge in [0.05, 0.1) is 16.7 Å². The van der Waals surface area contributed by atoms with E-state index in [0.29, 0.717) is 6.54 Å². The molecule has 1 saturated heterocycles. The Labute approximate surface area is 120 Å². The van der Waals surface area contributed by atoms with Crippen molar-refractivity contribution in [1.29, 1.82) is 0 Å². The van der Waals surface area contributed by atoms with Crippen LogP contribution in [0, 0.1) is 0 Å². The summed E-state index contributed by atoms with van der Waals surface area (Å²) in [7, 11) is 2.16. The monoisotopic (exact) mass is 282 g/mol. The highest BCUT2D eigenvalue weighted by molar-refractivity contribution is 7.07. The van der Waals surface area contributed by atoms with Gasteiger partial charge in [-0.25, -0.2) is 0 Å². The van der Waals surface area contributed by atoms with Crippen LogP contribution in [0.1, 0.15) is 39.7 Å². The number of thiophene rings is 1. The molecule has 2 N–H and O–H groups in total. The van der Waals surface area contributed by atoms with E-state index in [2.05, 4.69) is 56.5 Å². The Balaban J connectivity index is 2.27.